The van der Waals surface area contributed by atoms with Crippen molar-refractivity contribution in [2.75, 3.05) is 11.9 Å². The smallest absolute Gasteiger partial charge is 0.128 e. The Kier molecular flexibility index (Phi) is 5.08. The lowest BCUT2D eigenvalue weighted by Gasteiger charge is -2.19. The monoisotopic (exact) mass is 358 g/mol. The van der Waals surface area contributed by atoms with Crippen molar-refractivity contribution >= 4 is 44.9 Å². The van der Waals surface area contributed by atoms with Gasteiger partial charge in [0.2, 0.25) is 0 Å². The van der Waals surface area contributed by atoms with Crippen LogP contribution in [0.4, 0.5) is 5.82 Å². The molecule has 0 aliphatic rings. The SMILES string of the molecule is CN(Cc1cccc(Br)c1)c1cc(CCl)c(Cl)cn1. The number of halogens is 3. The third kappa shape index (κ3) is 3.85. The number of hydrogen-bond acceptors (Lipinski definition) is 2. The molecule has 1 aromatic carbocycles. The Morgan fingerprint density at radius 2 is 2.11 bits per heavy atom. The third-order valence-corrected chi connectivity index (χ3v) is 3.89. The average molecular weight is 360 g/mol. The lowest BCUT2D eigenvalue weighted by Crippen LogP contribution is -2.17. The van der Waals surface area contributed by atoms with E-state index in [9.17, 15) is 0 Å². The molecule has 1 aromatic heterocycles. The van der Waals surface area contributed by atoms with E-state index in [-0.39, 0.29) is 0 Å². The van der Waals surface area contributed by atoms with Crippen molar-refractivity contribution in [1.82, 2.24) is 4.98 Å². The fourth-order valence-electron chi connectivity index (χ4n) is 1.77. The van der Waals surface area contributed by atoms with Crippen molar-refractivity contribution in [2.24, 2.45) is 0 Å². The van der Waals surface area contributed by atoms with E-state index in [0.717, 1.165) is 22.4 Å². The molecule has 0 saturated carbocycles. The normalized spacial score (nSPS) is 10.5. The Morgan fingerprint density at radius 1 is 1.32 bits per heavy atom. The standard InChI is InChI=1S/C14H13BrCl2N2/c1-19(9-10-3-2-4-12(15)5-10)14-6-11(7-16)13(17)8-18-14/h2-6,8H,7,9H2,1H3. The average Bonchev–Trinajstić information content (AvgIpc) is 2.39. The Balaban J connectivity index is 2.18. The Bertz CT molecular complexity index is 575. The second-order valence-electron chi connectivity index (χ2n) is 4.25. The van der Waals surface area contributed by atoms with Crippen LogP contribution >= 0.6 is 39.1 Å². The van der Waals surface area contributed by atoms with E-state index in [2.05, 4.69) is 37.9 Å². The summed E-state index contributed by atoms with van der Waals surface area (Å²) >= 11 is 15.3. The number of nitrogens with zero attached hydrogens (tertiary/aromatic N) is 2. The van der Waals surface area contributed by atoms with Crippen LogP contribution in [0.3, 0.4) is 0 Å². The van der Waals surface area contributed by atoms with Gasteiger partial charge in [-0.05, 0) is 29.3 Å². The van der Waals surface area contributed by atoms with E-state index in [1.165, 1.54) is 5.56 Å². The molecular formula is C14H13BrCl2N2. The predicted octanol–water partition coefficient (Wildman–Crippen LogP) is 4.87. The summed E-state index contributed by atoms with van der Waals surface area (Å²) in [4.78, 5) is 6.39. The number of anilines is 1. The zero-order valence-electron chi connectivity index (χ0n) is 10.4. The van der Waals surface area contributed by atoms with Gasteiger partial charge in [-0.2, -0.15) is 0 Å². The number of hydrogen-bond donors (Lipinski definition) is 0. The van der Waals surface area contributed by atoms with E-state index in [0.29, 0.717) is 10.9 Å². The van der Waals surface area contributed by atoms with Crippen LogP contribution in [0.1, 0.15) is 11.1 Å². The Morgan fingerprint density at radius 3 is 2.79 bits per heavy atom. The topological polar surface area (TPSA) is 16.1 Å². The molecule has 0 saturated heterocycles. The van der Waals surface area contributed by atoms with Crippen molar-refractivity contribution in [3.05, 3.63) is 57.2 Å². The maximum Gasteiger partial charge on any atom is 0.128 e. The van der Waals surface area contributed by atoms with E-state index in [1.807, 2.05) is 25.2 Å². The lowest BCUT2D eigenvalue weighted by molar-refractivity contribution is 0.895. The molecule has 0 spiro atoms. The van der Waals surface area contributed by atoms with Gasteiger partial charge in [0.1, 0.15) is 5.82 Å². The van der Waals surface area contributed by atoms with Gasteiger partial charge >= 0.3 is 0 Å². The molecule has 19 heavy (non-hydrogen) atoms. The highest BCUT2D eigenvalue weighted by molar-refractivity contribution is 9.10. The highest BCUT2D eigenvalue weighted by atomic mass is 79.9. The van der Waals surface area contributed by atoms with Crippen molar-refractivity contribution in [3.8, 4) is 0 Å². The summed E-state index contributed by atoms with van der Waals surface area (Å²) in [5.41, 5.74) is 2.11. The minimum Gasteiger partial charge on any atom is -0.355 e. The molecule has 0 fully saturated rings. The van der Waals surface area contributed by atoms with Gasteiger partial charge in [0.15, 0.2) is 0 Å². The lowest BCUT2D eigenvalue weighted by atomic mass is 10.2. The number of rotatable bonds is 4. The number of aromatic nitrogens is 1. The van der Waals surface area contributed by atoms with Crippen LogP contribution in [0.25, 0.3) is 0 Å². The van der Waals surface area contributed by atoms with Crippen LogP contribution in [0, 0.1) is 0 Å². The zero-order chi connectivity index (χ0) is 13.8. The highest BCUT2D eigenvalue weighted by Crippen LogP contribution is 2.22. The first-order valence-electron chi connectivity index (χ1n) is 5.76. The molecule has 5 heteroatoms. The van der Waals surface area contributed by atoms with E-state index < -0.39 is 0 Å². The molecule has 0 radical (unpaired) electrons. The van der Waals surface area contributed by atoms with E-state index in [4.69, 9.17) is 23.2 Å². The largest absolute Gasteiger partial charge is 0.355 e. The first-order chi connectivity index (χ1) is 9.10. The van der Waals surface area contributed by atoms with Crippen LogP contribution < -0.4 is 4.90 Å². The summed E-state index contributed by atoms with van der Waals surface area (Å²) in [5.74, 6) is 1.25. The van der Waals surface area contributed by atoms with Gasteiger partial charge in [-0.15, -0.1) is 11.6 Å². The zero-order valence-corrected chi connectivity index (χ0v) is 13.5. The first kappa shape index (κ1) is 14.6. The second-order valence-corrected chi connectivity index (χ2v) is 5.84. The third-order valence-electron chi connectivity index (χ3n) is 2.76. The summed E-state index contributed by atoms with van der Waals surface area (Å²) in [6, 6.07) is 10.1. The maximum atomic E-state index is 6.01. The molecule has 0 N–H and O–H groups in total. The van der Waals surface area contributed by atoms with Gasteiger partial charge in [0.25, 0.3) is 0 Å². The summed E-state index contributed by atoms with van der Waals surface area (Å²) < 4.78 is 1.07. The highest BCUT2D eigenvalue weighted by Gasteiger charge is 2.07. The molecule has 0 aliphatic heterocycles. The van der Waals surface area contributed by atoms with Gasteiger partial charge in [-0.3, -0.25) is 0 Å². The quantitative estimate of drug-likeness (QED) is 0.723. The van der Waals surface area contributed by atoms with E-state index in [1.54, 1.807) is 6.20 Å². The molecule has 2 rings (SSSR count). The molecule has 100 valence electrons. The first-order valence-corrected chi connectivity index (χ1v) is 7.46. The molecule has 0 unspecified atom stereocenters. The minimum absolute atomic E-state index is 0.388. The Labute approximate surface area is 131 Å². The molecular weight excluding hydrogens is 347 g/mol. The van der Waals surface area contributed by atoms with Crippen molar-refractivity contribution < 1.29 is 0 Å². The number of alkyl halides is 1. The van der Waals surface area contributed by atoms with Crippen LogP contribution in [0.15, 0.2) is 41.0 Å². The molecule has 0 bridgehead atoms. The summed E-state index contributed by atoms with van der Waals surface area (Å²) in [6.07, 6.45) is 1.64. The summed E-state index contributed by atoms with van der Waals surface area (Å²) in [5, 5.41) is 0.606. The van der Waals surface area contributed by atoms with Gasteiger partial charge in [-0.1, -0.05) is 39.7 Å². The molecule has 2 nitrogen and oxygen atoms in total. The van der Waals surface area contributed by atoms with Gasteiger partial charge < -0.3 is 4.90 Å². The molecule has 2 aromatic rings. The number of benzene rings is 1. The molecule has 0 atom stereocenters. The maximum absolute atomic E-state index is 6.01. The fourth-order valence-corrected chi connectivity index (χ4v) is 2.68. The fraction of sp³-hybridized carbons (Fsp3) is 0.214. The van der Waals surface area contributed by atoms with Crippen molar-refractivity contribution in [3.63, 3.8) is 0 Å². The molecule has 0 amide bonds. The Hall–Kier alpha value is -0.770. The number of pyridine rings is 1. The van der Waals surface area contributed by atoms with Gasteiger partial charge in [0, 0.05) is 30.1 Å². The minimum atomic E-state index is 0.388. The molecule has 0 aliphatic carbocycles. The molecule has 1 heterocycles. The van der Waals surface area contributed by atoms with Crippen molar-refractivity contribution in [1.29, 1.82) is 0 Å². The van der Waals surface area contributed by atoms with E-state index >= 15 is 0 Å². The van der Waals surface area contributed by atoms with Crippen LogP contribution in [-0.2, 0) is 12.4 Å². The van der Waals surface area contributed by atoms with Gasteiger partial charge in [0.05, 0.1) is 5.02 Å². The summed E-state index contributed by atoms with van der Waals surface area (Å²) in [6.45, 7) is 0.774. The van der Waals surface area contributed by atoms with Crippen LogP contribution in [0.5, 0.6) is 0 Å². The van der Waals surface area contributed by atoms with Crippen molar-refractivity contribution in [2.45, 2.75) is 12.4 Å². The van der Waals surface area contributed by atoms with Crippen LogP contribution in [0.2, 0.25) is 5.02 Å². The second kappa shape index (κ2) is 6.60. The van der Waals surface area contributed by atoms with Crippen LogP contribution in [-0.4, -0.2) is 12.0 Å². The summed E-state index contributed by atoms with van der Waals surface area (Å²) in [7, 11) is 2.00. The predicted molar refractivity (Wildman–Crippen MR) is 85.1 cm³/mol. The van der Waals surface area contributed by atoms with Gasteiger partial charge in [-0.25, -0.2) is 4.98 Å².